The molecule has 90 valence electrons. The molecule has 0 atom stereocenters. The first-order chi connectivity index (χ1) is 8.25. The summed E-state index contributed by atoms with van der Waals surface area (Å²) >= 11 is 0. The van der Waals surface area contributed by atoms with Gasteiger partial charge in [0, 0.05) is 17.6 Å². The van der Waals surface area contributed by atoms with Gasteiger partial charge < -0.3 is 10.1 Å². The second-order valence-corrected chi connectivity index (χ2v) is 5.09. The summed E-state index contributed by atoms with van der Waals surface area (Å²) in [4.78, 5) is 11.5. The molecule has 0 bridgehead atoms. The van der Waals surface area contributed by atoms with Crippen LogP contribution in [0.4, 0.5) is 5.69 Å². The molecule has 1 heterocycles. The molecule has 1 spiro atoms. The van der Waals surface area contributed by atoms with Crippen molar-refractivity contribution in [3.05, 3.63) is 29.3 Å². The molecule has 3 nitrogen and oxygen atoms in total. The fourth-order valence-electron chi connectivity index (χ4n) is 3.26. The summed E-state index contributed by atoms with van der Waals surface area (Å²) < 4.78 is 4.75. The van der Waals surface area contributed by atoms with Crippen molar-refractivity contribution in [3.63, 3.8) is 0 Å². The third-order valence-electron chi connectivity index (χ3n) is 4.19. The van der Waals surface area contributed by atoms with Crippen molar-refractivity contribution in [1.82, 2.24) is 0 Å². The second kappa shape index (κ2) is 3.76. The smallest absolute Gasteiger partial charge is 0.337 e. The van der Waals surface area contributed by atoms with Crippen molar-refractivity contribution < 1.29 is 9.53 Å². The minimum absolute atomic E-state index is 0.262. The van der Waals surface area contributed by atoms with Crippen LogP contribution < -0.4 is 5.32 Å². The van der Waals surface area contributed by atoms with E-state index in [2.05, 4.69) is 11.4 Å². The Kier molecular flexibility index (Phi) is 2.35. The standard InChI is InChI=1S/C14H17NO2/c1-17-13(16)10-4-5-11-12(8-10)15-9-14(11)6-2-3-7-14/h4-5,8,15H,2-3,6-7,9H2,1H3. The minimum Gasteiger partial charge on any atom is -0.465 e. The molecule has 0 aromatic heterocycles. The Morgan fingerprint density at radius 1 is 1.35 bits per heavy atom. The molecule has 1 aromatic rings. The number of rotatable bonds is 1. The van der Waals surface area contributed by atoms with Gasteiger partial charge in [-0.3, -0.25) is 0 Å². The summed E-state index contributed by atoms with van der Waals surface area (Å²) in [6.45, 7) is 1.02. The van der Waals surface area contributed by atoms with Crippen LogP contribution in [-0.4, -0.2) is 19.6 Å². The fraction of sp³-hybridized carbons (Fsp3) is 0.500. The van der Waals surface area contributed by atoms with Gasteiger partial charge in [-0.1, -0.05) is 18.9 Å². The number of methoxy groups -OCH3 is 1. The van der Waals surface area contributed by atoms with Crippen LogP contribution in [0, 0.1) is 0 Å². The summed E-state index contributed by atoms with van der Waals surface area (Å²) in [5, 5.41) is 3.44. The Hall–Kier alpha value is -1.51. The number of carbonyl (C=O) groups excluding carboxylic acids is 1. The van der Waals surface area contributed by atoms with Gasteiger partial charge in [-0.15, -0.1) is 0 Å². The van der Waals surface area contributed by atoms with Gasteiger partial charge in [0.25, 0.3) is 0 Å². The summed E-state index contributed by atoms with van der Waals surface area (Å²) in [7, 11) is 1.42. The number of nitrogens with one attached hydrogen (secondary N) is 1. The number of fused-ring (bicyclic) bond motifs is 2. The zero-order valence-electron chi connectivity index (χ0n) is 10.1. The van der Waals surface area contributed by atoms with Crippen LogP contribution >= 0.6 is 0 Å². The van der Waals surface area contributed by atoms with Crippen LogP contribution in [0.2, 0.25) is 0 Å². The highest BCUT2D eigenvalue weighted by Gasteiger charge is 2.41. The molecular formula is C14H17NO2. The van der Waals surface area contributed by atoms with Crippen molar-refractivity contribution in [2.75, 3.05) is 19.0 Å². The van der Waals surface area contributed by atoms with Crippen molar-refractivity contribution in [2.24, 2.45) is 0 Å². The Balaban J connectivity index is 1.99. The van der Waals surface area contributed by atoms with E-state index in [0.717, 1.165) is 12.2 Å². The largest absolute Gasteiger partial charge is 0.465 e. The highest BCUT2D eigenvalue weighted by molar-refractivity contribution is 5.91. The van der Waals surface area contributed by atoms with Crippen molar-refractivity contribution in [1.29, 1.82) is 0 Å². The maximum Gasteiger partial charge on any atom is 0.337 e. The lowest BCUT2D eigenvalue weighted by molar-refractivity contribution is 0.0601. The molecule has 3 rings (SSSR count). The van der Waals surface area contributed by atoms with Crippen molar-refractivity contribution in [2.45, 2.75) is 31.1 Å². The van der Waals surface area contributed by atoms with Crippen LogP contribution in [0.25, 0.3) is 0 Å². The number of hydrogen-bond acceptors (Lipinski definition) is 3. The molecule has 1 aliphatic heterocycles. The summed E-state index contributed by atoms with van der Waals surface area (Å²) in [6.07, 6.45) is 5.18. The van der Waals surface area contributed by atoms with Gasteiger partial charge in [0.05, 0.1) is 12.7 Å². The molecule has 1 aromatic carbocycles. The number of esters is 1. The van der Waals surface area contributed by atoms with Gasteiger partial charge in [-0.2, -0.15) is 0 Å². The number of benzene rings is 1. The number of ether oxygens (including phenoxy) is 1. The molecule has 0 amide bonds. The summed E-state index contributed by atoms with van der Waals surface area (Å²) in [5.41, 5.74) is 3.48. The fourth-order valence-corrected chi connectivity index (χ4v) is 3.26. The van der Waals surface area contributed by atoms with E-state index >= 15 is 0 Å². The SMILES string of the molecule is COC(=O)c1ccc2c(c1)NCC21CCCC1. The number of hydrogen-bond donors (Lipinski definition) is 1. The van der Waals surface area contributed by atoms with E-state index in [4.69, 9.17) is 4.74 Å². The zero-order valence-corrected chi connectivity index (χ0v) is 10.1. The average Bonchev–Trinajstić information content (AvgIpc) is 2.98. The van der Waals surface area contributed by atoms with E-state index in [0.29, 0.717) is 11.0 Å². The first-order valence-corrected chi connectivity index (χ1v) is 6.22. The van der Waals surface area contributed by atoms with Crippen LogP contribution in [0.5, 0.6) is 0 Å². The van der Waals surface area contributed by atoms with Crippen LogP contribution in [-0.2, 0) is 10.2 Å². The lowest BCUT2D eigenvalue weighted by Crippen LogP contribution is -2.23. The third-order valence-corrected chi connectivity index (χ3v) is 4.19. The first kappa shape index (κ1) is 10.6. The zero-order chi connectivity index (χ0) is 11.9. The molecule has 0 radical (unpaired) electrons. The van der Waals surface area contributed by atoms with Gasteiger partial charge in [0.1, 0.15) is 0 Å². The van der Waals surface area contributed by atoms with E-state index in [1.54, 1.807) is 0 Å². The molecule has 1 fully saturated rings. The first-order valence-electron chi connectivity index (χ1n) is 6.22. The highest BCUT2D eigenvalue weighted by Crippen LogP contribution is 2.47. The van der Waals surface area contributed by atoms with Gasteiger partial charge in [-0.25, -0.2) is 4.79 Å². The predicted molar refractivity (Wildman–Crippen MR) is 66.4 cm³/mol. The van der Waals surface area contributed by atoms with Crippen LogP contribution in [0.1, 0.15) is 41.6 Å². The van der Waals surface area contributed by atoms with E-state index in [9.17, 15) is 4.79 Å². The van der Waals surface area contributed by atoms with Gasteiger partial charge >= 0.3 is 5.97 Å². The van der Waals surface area contributed by atoms with Gasteiger partial charge in [-0.05, 0) is 30.5 Å². The molecule has 3 heteroatoms. The normalized spacial score (nSPS) is 20.1. The van der Waals surface area contributed by atoms with E-state index < -0.39 is 0 Å². The van der Waals surface area contributed by atoms with Crippen molar-refractivity contribution >= 4 is 11.7 Å². The topological polar surface area (TPSA) is 38.3 Å². The molecule has 0 saturated heterocycles. The van der Waals surface area contributed by atoms with Crippen LogP contribution in [0.15, 0.2) is 18.2 Å². The Morgan fingerprint density at radius 2 is 2.12 bits per heavy atom. The molecule has 1 N–H and O–H groups in total. The lowest BCUT2D eigenvalue weighted by atomic mass is 9.80. The van der Waals surface area contributed by atoms with Gasteiger partial charge in [0.15, 0.2) is 0 Å². The van der Waals surface area contributed by atoms with E-state index in [1.165, 1.54) is 38.4 Å². The Bertz CT molecular complexity index is 461. The Labute approximate surface area is 101 Å². The second-order valence-electron chi connectivity index (χ2n) is 5.09. The van der Waals surface area contributed by atoms with E-state index in [1.807, 2.05) is 12.1 Å². The number of anilines is 1. The molecule has 1 aliphatic carbocycles. The lowest BCUT2D eigenvalue weighted by Gasteiger charge is -2.22. The summed E-state index contributed by atoms with van der Waals surface area (Å²) in [5.74, 6) is -0.262. The molecule has 1 saturated carbocycles. The maximum atomic E-state index is 11.5. The molecule has 2 aliphatic rings. The average molecular weight is 231 g/mol. The predicted octanol–water partition coefficient (Wildman–Crippen LogP) is 2.71. The van der Waals surface area contributed by atoms with Crippen LogP contribution in [0.3, 0.4) is 0 Å². The third kappa shape index (κ3) is 1.53. The molecule has 17 heavy (non-hydrogen) atoms. The number of carbonyl (C=O) groups is 1. The quantitative estimate of drug-likeness (QED) is 0.755. The van der Waals surface area contributed by atoms with E-state index in [-0.39, 0.29) is 5.97 Å². The molecule has 0 unspecified atom stereocenters. The molecular weight excluding hydrogens is 214 g/mol. The maximum absolute atomic E-state index is 11.5. The van der Waals surface area contributed by atoms with Crippen molar-refractivity contribution in [3.8, 4) is 0 Å². The van der Waals surface area contributed by atoms with Gasteiger partial charge in [0.2, 0.25) is 0 Å². The highest BCUT2D eigenvalue weighted by atomic mass is 16.5. The minimum atomic E-state index is -0.262. The summed E-state index contributed by atoms with van der Waals surface area (Å²) in [6, 6.07) is 5.92. The monoisotopic (exact) mass is 231 g/mol. The Morgan fingerprint density at radius 3 is 2.82 bits per heavy atom.